The van der Waals surface area contributed by atoms with Crippen LogP contribution in [0.2, 0.25) is 0 Å². The molecule has 0 radical (unpaired) electrons. The van der Waals surface area contributed by atoms with Gasteiger partial charge in [-0.3, -0.25) is 14.5 Å². The first-order valence-corrected chi connectivity index (χ1v) is 7.71. The molecule has 0 bridgehead atoms. The molecule has 1 aliphatic heterocycles. The van der Waals surface area contributed by atoms with Crippen LogP contribution in [0.1, 0.15) is 28.3 Å². The van der Waals surface area contributed by atoms with Gasteiger partial charge < -0.3 is 15.8 Å². The molecule has 0 aliphatic carbocycles. The van der Waals surface area contributed by atoms with Gasteiger partial charge in [-0.15, -0.1) is 11.3 Å². The predicted molar refractivity (Wildman–Crippen MR) is 78.9 cm³/mol. The molecule has 2 rings (SSSR count). The molecule has 0 atom stereocenters. The van der Waals surface area contributed by atoms with E-state index in [1.54, 1.807) is 12.5 Å². The second-order valence-corrected chi connectivity index (χ2v) is 5.99. The highest BCUT2D eigenvalue weighted by Gasteiger charge is 2.22. The van der Waals surface area contributed by atoms with Crippen LogP contribution in [-0.2, 0) is 16.1 Å². The van der Waals surface area contributed by atoms with Crippen LogP contribution in [0.25, 0.3) is 0 Å². The van der Waals surface area contributed by atoms with Gasteiger partial charge in [0.25, 0.3) is 5.91 Å². The Morgan fingerprint density at radius 3 is 2.86 bits per heavy atom. The number of thiazole rings is 1. The van der Waals surface area contributed by atoms with Crippen LogP contribution in [0.3, 0.4) is 0 Å². The zero-order valence-corrected chi connectivity index (χ0v) is 12.8. The zero-order valence-electron chi connectivity index (χ0n) is 12.0. The summed E-state index contributed by atoms with van der Waals surface area (Å²) >= 11 is 1.42. The smallest absolute Gasteiger partial charge is 0.270 e. The number of methoxy groups -OCH3 is 1. The van der Waals surface area contributed by atoms with E-state index in [0.29, 0.717) is 12.3 Å². The Labute approximate surface area is 127 Å². The number of amides is 2. The largest absolute Gasteiger partial charge is 0.378 e. The van der Waals surface area contributed by atoms with E-state index in [4.69, 9.17) is 10.5 Å². The van der Waals surface area contributed by atoms with E-state index in [1.165, 1.54) is 11.3 Å². The highest BCUT2D eigenvalue weighted by atomic mass is 32.1. The number of hydrogen-bond donors (Lipinski definition) is 2. The first kappa shape index (κ1) is 15.9. The Kier molecular flexibility index (Phi) is 5.66. The van der Waals surface area contributed by atoms with Crippen LogP contribution < -0.4 is 11.1 Å². The average Bonchev–Trinajstić information content (AvgIpc) is 2.89. The Bertz CT molecular complexity index is 497. The van der Waals surface area contributed by atoms with Crippen molar-refractivity contribution in [2.24, 2.45) is 5.73 Å². The lowest BCUT2D eigenvalue weighted by Gasteiger charge is -2.31. The number of nitrogens with one attached hydrogen (secondary N) is 1. The van der Waals surface area contributed by atoms with Crippen LogP contribution in [0.5, 0.6) is 0 Å². The lowest BCUT2D eigenvalue weighted by molar-refractivity contribution is -0.119. The van der Waals surface area contributed by atoms with E-state index in [1.807, 2.05) is 4.90 Å². The molecule has 0 spiro atoms. The molecule has 2 amide bonds. The van der Waals surface area contributed by atoms with E-state index in [9.17, 15) is 9.59 Å². The molecule has 1 aromatic heterocycles. The van der Waals surface area contributed by atoms with Crippen molar-refractivity contribution in [3.63, 3.8) is 0 Å². The van der Waals surface area contributed by atoms with Gasteiger partial charge in [0.2, 0.25) is 5.91 Å². The maximum Gasteiger partial charge on any atom is 0.270 e. The molecule has 0 unspecified atom stereocenters. The molecule has 116 valence electrons. The van der Waals surface area contributed by atoms with Gasteiger partial charge >= 0.3 is 0 Å². The number of rotatable bonds is 6. The van der Waals surface area contributed by atoms with Crippen molar-refractivity contribution in [1.82, 2.24) is 15.2 Å². The summed E-state index contributed by atoms with van der Waals surface area (Å²) in [5.74, 6) is -0.465. The van der Waals surface area contributed by atoms with Crippen LogP contribution in [0.4, 0.5) is 0 Å². The van der Waals surface area contributed by atoms with E-state index < -0.39 is 0 Å². The van der Waals surface area contributed by atoms with E-state index >= 15 is 0 Å². The minimum Gasteiger partial charge on any atom is -0.378 e. The number of nitrogens with zero attached hydrogens (tertiary/aromatic N) is 2. The molecule has 1 aliphatic rings. The lowest BCUT2D eigenvalue weighted by Crippen LogP contribution is -2.46. The normalized spacial score (nSPS) is 16.8. The number of hydrogen-bond acceptors (Lipinski definition) is 6. The number of piperidine rings is 1. The maximum atomic E-state index is 12.1. The Morgan fingerprint density at radius 1 is 1.52 bits per heavy atom. The number of aromatic nitrogens is 1. The van der Waals surface area contributed by atoms with Crippen LogP contribution in [-0.4, -0.2) is 54.5 Å². The van der Waals surface area contributed by atoms with Crippen molar-refractivity contribution in [2.45, 2.75) is 25.5 Å². The standard InChI is InChI=1S/C13H20N4O3S/c1-20-7-12-16-10(8-21-12)13(19)15-9-2-4-17(5-3-9)6-11(14)18/h8-9H,2-7H2,1H3,(H2,14,18)(H,15,19). The first-order chi connectivity index (χ1) is 10.1. The predicted octanol–water partition coefficient (Wildman–Crippen LogP) is -0.0310. The number of nitrogens with two attached hydrogens (primary N) is 1. The van der Waals surface area contributed by atoms with Crippen molar-refractivity contribution in [1.29, 1.82) is 0 Å². The van der Waals surface area contributed by atoms with Gasteiger partial charge in [-0.2, -0.15) is 0 Å². The second kappa shape index (κ2) is 7.48. The summed E-state index contributed by atoms with van der Waals surface area (Å²) in [7, 11) is 1.60. The fraction of sp³-hybridized carbons (Fsp3) is 0.615. The molecule has 0 saturated carbocycles. The van der Waals surface area contributed by atoms with Gasteiger partial charge in [0, 0.05) is 31.6 Å². The molecule has 1 aromatic rings. The average molecular weight is 312 g/mol. The molecule has 7 nitrogen and oxygen atoms in total. The first-order valence-electron chi connectivity index (χ1n) is 6.83. The van der Waals surface area contributed by atoms with Crippen LogP contribution in [0, 0.1) is 0 Å². The monoisotopic (exact) mass is 312 g/mol. The lowest BCUT2D eigenvalue weighted by atomic mass is 10.0. The summed E-state index contributed by atoms with van der Waals surface area (Å²) in [6.07, 6.45) is 1.63. The summed E-state index contributed by atoms with van der Waals surface area (Å²) in [5.41, 5.74) is 5.61. The van der Waals surface area contributed by atoms with Crippen molar-refractivity contribution in [3.05, 3.63) is 16.1 Å². The highest BCUT2D eigenvalue weighted by Crippen LogP contribution is 2.13. The van der Waals surface area contributed by atoms with Crippen LogP contribution in [0.15, 0.2) is 5.38 Å². The van der Waals surface area contributed by atoms with Crippen molar-refractivity contribution in [3.8, 4) is 0 Å². The number of carbonyl (C=O) groups is 2. The minimum atomic E-state index is -0.314. The second-order valence-electron chi connectivity index (χ2n) is 5.05. The Hall–Kier alpha value is -1.51. The molecule has 21 heavy (non-hydrogen) atoms. The summed E-state index contributed by atoms with van der Waals surface area (Å²) < 4.78 is 4.99. The van der Waals surface area contributed by atoms with Crippen molar-refractivity contribution >= 4 is 23.2 Å². The SMILES string of the molecule is COCc1nc(C(=O)NC2CCN(CC(N)=O)CC2)cs1. The molecule has 0 aromatic carbocycles. The van der Waals surface area contributed by atoms with Gasteiger partial charge in [-0.1, -0.05) is 0 Å². The van der Waals surface area contributed by atoms with Gasteiger partial charge in [0.05, 0.1) is 13.2 Å². The molecule has 2 heterocycles. The van der Waals surface area contributed by atoms with Gasteiger partial charge in [-0.25, -0.2) is 4.98 Å². The molecular weight excluding hydrogens is 292 g/mol. The summed E-state index contributed by atoms with van der Waals surface area (Å²) in [6, 6.07) is 0.120. The van der Waals surface area contributed by atoms with Gasteiger partial charge in [0.1, 0.15) is 10.7 Å². The molecule has 3 N–H and O–H groups in total. The molecular formula is C13H20N4O3S. The van der Waals surface area contributed by atoms with E-state index in [-0.39, 0.29) is 24.4 Å². The molecule has 1 saturated heterocycles. The molecule has 8 heteroatoms. The van der Waals surface area contributed by atoms with E-state index in [0.717, 1.165) is 30.9 Å². The van der Waals surface area contributed by atoms with E-state index in [2.05, 4.69) is 10.3 Å². The fourth-order valence-electron chi connectivity index (χ4n) is 2.32. The summed E-state index contributed by atoms with van der Waals surface area (Å²) in [4.78, 5) is 29.2. The Balaban J connectivity index is 1.79. The number of primary amides is 1. The zero-order chi connectivity index (χ0) is 15.2. The Morgan fingerprint density at radius 2 is 2.24 bits per heavy atom. The number of ether oxygens (including phenoxy) is 1. The molecule has 1 fully saturated rings. The minimum absolute atomic E-state index is 0.120. The maximum absolute atomic E-state index is 12.1. The number of likely N-dealkylation sites (tertiary alicyclic amines) is 1. The topological polar surface area (TPSA) is 97.6 Å². The van der Waals surface area contributed by atoms with Crippen molar-refractivity contribution < 1.29 is 14.3 Å². The summed E-state index contributed by atoms with van der Waals surface area (Å²) in [5, 5.41) is 5.52. The van der Waals surface area contributed by atoms with Gasteiger partial charge in [-0.05, 0) is 12.8 Å². The third-order valence-corrected chi connectivity index (χ3v) is 4.18. The quantitative estimate of drug-likeness (QED) is 0.769. The third-order valence-electron chi connectivity index (χ3n) is 3.35. The van der Waals surface area contributed by atoms with Gasteiger partial charge in [0.15, 0.2) is 0 Å². The highest BCUT2D eigenvalue weighted by molar-refractivity contribution is 7.09. The van der Waals surface area contributed by atoms with Crippen LogP contribution >= 0.6 is 11.3 Å². The fourth-order valence-corrected chi connectivity index (χ4v) is 3.06. The summed E-state index contributed by atoms with van der Waals surface area (Å²) in [6.45, 7) is 2.23. The van der Waals surface area contributed by atoms with Crippen molar-refractivity contribution in [2.75, 3.05) is 26.7 Å². The third kappa shape index (κ3) is 4.76. The number of carbonyl (C=O) groups excluding carboxylic acids is 2.